The summed E-state index contributed by atoms with van der Waals surface area (Å²) in [5, 5.41) is 5.11. The normalized spacial score (nSPS) is 12.5. The van der Waals surface area contributed by atoms with Gasteiger partial charge in [-0.15, -0.1) is 0 Å². The van der Waals surface area contributed by atoms with Crippen LogP contribution in [-0.2, 0) is 9.59 Å². The molecule has 0 saturated heterocycles. The molecular formula is C16H22F2N2O4. The molecule has 2 N–H and O–H groups in total. The number of alkyl halides is 2. The molecule has 6 nitrogen and oxygen atoms in total. The maximum Gasteiger partial charge on any atom is 0.387 e. The first kappa shape index (κ1) is 19.7. The molecule has 0 aliphatic heterocycles. The predicted molar refractivity (Wildman–Crippen MR) is 85.3 cm³/mol. The minimum Gasteiger partial charge on any atom is -0.493 e. The van der Waals surface area contributed by atoms with E-state index >= 15 is 0 Å². The smallest absolute Gasteiger partial charge is 0.387 e. The van der Waals surface area contributed by atoms with Crippen LogP contribution < -0.4 is 20.1 Å². The zero-order chi connectivity index (χ0) is 18.5. The first-order valence-corrected chi connectivity index (χ1v) is 7.29. The standard InChI is InChI=1S/C16H22F2N2O4/c1-9(19-14(22)16(2,3)4)13(21)20-10-6-7-11(23-5)12(8-10)24-15(17)18/h6-9,15H,1-5H3,(H,19,22)(H,20,21)/t9-/m1/s1. The Bertz CT molecular complexity index is 600. The Labute approximate surface area is 139 Å². The lowest BCUT2D eigenvalue weighted by atomic mass is 9.95. The fourth-order valence-electron chi connectivity index (χ4n) is 1.67. The highest BCUT2D eigenvalue weighted by atomic mass is 19.3. The monoisotopic (exact) mass is 344 g/mol. The Morgan fingerprint density at radius 2 is 1.79 bits per heavy atom. The van der Waals surface area contributed by atoms with Crippen molar-refractivity contribution in [3.63, 3.8) is 0 Å². The molecule has 2 amide bonds. The molecule has 0 aromatic heterocycles. The van der Waals surface area contributed by atoms with Crippen LogP contribution in [0.3, 0.4) is 0 Å². The second-order valence-corrected chi connectivity index (χ2v) is 6.18. The van der Waals surface area contributed by atoms with Crippen LogP contribution in [0.4, 0.5) is 14.5 Å². The molecule has 0 fully saturated rings. The Morgan fingerprint density at radius 3 is 2.29 bits per heavy atom. The van der Waals surface area contributed by atoms with Crippen LogP contribution in [0.5, 0.6) is 11.5 Å². The zero-order valence-electron chi connectivity index (χ0n) is 14.3. The van der Waals surface area contributed by atoms with Crippen LogP contribution in [0.1, 0.15) is 27.7 Å². The van der Waals surface area contributed by atoms with Crippen molar-refractivity contribution >= 4 is 17.5 Å². The molecule has 0 aliphatic rings. The van der Waals surface area contributed by atoms with E-state index in [1.165, 1.54) is 32.2 Å². The minimum absolute atomic E-state index is 0.113. The molecule has 1 aromatic rings. The van der Waals surface area contributed by atoms with Crippen LogP contribution >= 0.6 is 0 Å². The Morgan fingerprint density at radius 1 is 1.17 bits per heavy atom. The fourth-order valence-corrected chi connectivity index (χ4v) is 1.67. The molecule has 134 valence electrons. The van der Waals surface area contributed by atoms with E-state index in [0.29, 0.717) is 0 Å². The van der Waals surface area contributed by atoms with Crippen LogP contribution in [0, 0.1) is 5.41 Å². The lowest BCUT2D eigenvalue weighted by molar-refractivity contribution is -0.131. The molecule has 0 unspecified atom stereocenters. The molecule has 0 spiro atoms. The molecule has 1 aromatic carbocycles. The number of rotatable bonds is 6. The number of carbonyl (C=O) groups is 2. The Kier molecular flexibility index (Phi) is 6.51. The predicted octanol–water partition coefficient (Wildman–Crippen LogP) is 2.79. The van der Waals surface area contributed by atoms with Crippen LogP contribution in [0.25, 0.3) is 0 Å². The number of halogens is 2. The van der Waals surface area contributed by atoms with E-state index in [1.54, 1.807) is 20.8 Å². The number of amides is 2. The molecule has 0 aliphatic carbocycles. The third-order valence-corrected chi connectivity index (χ3v) is 3.07. The van der Waals surface area contributed by atoms with Crippen molar-refractivity contribution in [3.05, 3.63) is 18.2 Å². The third-order valence-electron chi connectivity index (χ3n) is 3.07. The lowest BCUT2D eigenvalue weighted by Gasteiger charge is -2.21. The summed E-state index contributed by atoms with van der Waals surface area (Å²) in [4.78, 5) is 24.0. The third kappa shape index (κ3) is 5.68. The number of carbonyl (C=O) groups excluding carboxylic acids is 2. The maximum absolute atomic E-state index is 12.4. The molecular weight excluding hydrogens is 322 g/mol. The van der Waals surface area contributed by atoms with Gasteiger partial charge in [0.25, 0.3) is 0 Å². The van der Waals surface area contributed by atoms with E-state index in [4.69, 9.17) is 4.74 Å². The topological polar surface area (TPSA) is 76.7 Å². The van der Waals surface area contributed by atoms with Crippen molar-refractivity contribution in [1.82, 2.24) is 5.32 Å². The number of methoxy groups -OCH3 is 1. The van der Waals surface area contributed by atoms with Gasteiger partial charge in [0.05, 0.1) is 7.11 Å². The van der Waals surface area contributed by atoms with E-state index in [9.17, 15) is 18.4 Å². The first-order valence-electron chi connectivity index (χ1n) is 7.29. The molecule has 1 atom stereocenters. The zero-order valence-corrected chi connectivity index (χ0v) is 14.3. The number of hydrogen-bond acceptors (Lipinski definition) is 4. The molecule has 24 heavy (non-hydrogen) atoms. The van der Waals surface area contributed by atoms with Gasteiger partial charge >= 0.3 is 6.61 Å². The summed E-state index contributed by atoms with van der Waals surface area (Å²) in [5.74, 6) is -0.846. The van der Waals surface area contributed by atoms with E-state index in [1.807, 2.05) is 0 Å². The number of anilines is 1. The maximum atomic E-state index is 12.4. The molecule has 1 rings (SSSR count). The second kappa shape index (κ2) is 7.94. The van der Waals surface area contributed by atoms with Gasteiger partial charge in [0.2, 0.25) is 11.8 Å². The van der Waals surface area contributed by atoms with Crippen molar-refractivity contribution in [2.75, 3.05) is 12.4 Å². The number of nitrogens with one attached hydrogen (secondary N) is 2. The highest BCUT2D eigenvalue weighted by Crippen LogP contribution is 2.31. The van der Waals surface area contributed by atoms with Gasteiger partial charge in [0.15, 0.2) is 11.5 Å². The van der Waals surface area contributed by atoms with Gasteiger partial charge in [0.1, 0.15) is 6.04 Å². The molecule has 0 saturated carbocycles. The second-order valence-electron chi connectivity index (χ2n) is 6.18. The van der Waals surface area contributed by atoms with E-state index < -0.39 is 24.0 Å². The van der Waals surface area contributed by atoms with Crippen molar-refractivity contribution < 1.29 is 27.8 Å². The highest BCUT2D eigenvalue weighted by Gasteiger charge is 2.25. The van der Waals surface area contributed by atoms with Gasteiger partial charge in [-0.2, -0.15) is 8.78 Å². The first-order chi connectivity index (χ1) is 11.0. The summed E-state index contributed by atoms with van der Waals surface area (Å²) in [5.41, 5.74) is -0.388. The number of benzene rings is 1. The molecule has 8 heteroatoms. The summed E-state index contributed by atoms with van der Waals surface area (Å²) in [6.45, 7) is 3.69. The van der Waals surface area contributed by atoms with E-state index in [0.717, 1.165) is 0 Å². The summed E-state index contributed by atoms with van der Waals surface area (Å²) in [7, 11) is 1.32. The Hall–Kier alpha value is -2.38. The van der Waals surface area contributed by atoms with Crippen molar-refractivity contribution in [1.29, 1.82) is 0 Å². The van der Waals surface area contributed by atoms with Crippen molar-refractivity contribution in [2.24, 2.45) is 5.41 Å². The van der Waals surface area contributed by atoms with Gasteiger partial charge in [-0.1, -0.05) is 20.8 Å². The van der Waals surface area contributed by atoms with E-state index in [2.05, 4.69) is 15.4 Å². The SMILES string of the molecule is COc1ccc(NC(=O)[C@@H](C)NC(=O)C(C)(C)C)cc1OC(F)F. The fraction of sp³-hybridized carbons (Fsp3) is 0.500. The Balaban J connectivity index is 2.81. The number of hydrogen-bond donors (Lipinski definition) is 2. The summed E-state index contributed by atoms with van der Waals surface area (Å²) in [6, 6.07) is 3.30. The molecule has 0 radical (unpaired) electrons. The van der Waals surface area contributed by atoms with E-state index in [-0.39, 0.29) is 23.1 Å². The molecule has 0 bridgehead atoms. The largest absolute Gasteiger partial charge is 0.493 e. The summed E-state index contributed by atoms with van der Waals surface area (Å²) >= 11 is 0. The minimum atomic E-state index is -3.02. The van der Waals surface area contributed by atoms with Crippen LogP contribution in [0.2, 0.25) is 0 Å². The van der Waals surface area contributed by atoms with Gasteiger partial charge in [-0.05, 0) is 19.1 Å². The average Bonchev–Trinajstić information content (AvgIpc) is 2.45. The highest BCUT2D eigenvalue weighted by molar-refractivity contribution is 5.97. The van der Waals surface area contributed by atoms with Gasteiger partial charge < -0.3 is 20.1 Å². The van der Waals surface area contributed by atoms with Crippen molar-refractivity contribution in [2.45, 2.75) is 40.3 Å². The average molecular weight is 344 g/mol. The van der Waals surface area contributed by atoms with Gasteiger partial charge in [0, 0.05) is 17.2 Å². The van der Waals surface area contributed by atoms with Gasteiger partial charge in [-0.25, -0.2) is 0 Å². The quantitative estimate of drug-likeness (QED) is 0.832. The molecule has 0 heterocycles. The summed E-state index contributed by atoms with van der Waals surface area (Å²) < 4.78 is 34.1. The lowest BCUT2D eigenvalue weighted by Crippen LogP contribution is -2.46. The van der Waals surface area contributed by atoms with Crippen LogP contribution in [0.15, 0.2) is 18.2 Å². The number of ether oxygens (including phenoxy) is 2. The van der Waals surface area contributed by atoms with Crippen molar-refractivity contribution in [3.8, 4) is 11.5 Å². The summed E-state index contributed by atoms with van der Waals surface area (Å²) in [6.07, 6.45) is 0. The van der Waals surface area contributed by atoms with Crippen LogP contribution in [-0.4, -0.2) is 31.6 Å². The van der Waals surface area contributed by atoms with Gasteiger partial charge in [-0.3, -0.25) is 9.59 Å².